The largest absolute Gasteiger partial charge is 0.381 e. The monoisotopic (exact) mass is 274 g/mol. The lowest BCUT2D eigenvalue weighted by Gasteiger charge is -2.37. The number of nitrogens with one attached hydrogen (secondary N) is 1. The van der Waals surface area contributed by atoms with Crippen molar-refractivity contribution in [1.29, 1.82) is 0 Å². The standard InChI is InChI=1S/C16H22N2O2/c17-11-16(6-8-20-9-7-16)18-15(19)14-10-13(14)12-4-2-1-3-5-12/h1-5,13-14H,6-11,17H2,(H,18,19). The molecule has 1 aliphatic carbocycles. The summed E-state index contributed by atoms with van der Waals surface area (Å²) >= 11 is 0. The summed E-state index contributed by atoms with van der Waals surface area (Å²) in [6.07, 6.45) is 2.59. The van der Waals surface area contributed by atoms with Gasteiger partial charge in [0, 0.05) is 25.7 Å². The van der Waals surface area contributed by atoms with Gasteiger partial charge in [0.25, 0.3) is 0 Å². The minimum absolute atomic E-state index is 0.115. The molecule has 0 bridgehead atoms. The normalized spacial score (nSPS) is 27.9. The first-order valence-electron chi connectivity index (χ1n) is 7.39. The van der Waals surface area contributed by atoms with Crippen LogP contribution in [0.4, 0.5) is 0 Å². The molecule has 1 amide bonds. The Morgan fingerprint density at radius 1 is 1.30 bits per heavy atom. The lowest BCUT2D eigenvalue weighted by Crippen LogP contribution is -2.57. The number of carbonyl (C=O) groups is 1. The van der Waals surface area contributed by atoms with Crippen LogP contribution in [0, 0.1) is 5.92 Å². The van der Waals surface area contributed by atoms with Crippen LogP contribution in [0.5, 0.6) is 0 Å². The molecule has 20 heavy (non-hydrogen) atoms. The number of rotatable bonds is 4. The molecule has 0 radical (unpaired) electrons. The highest BCUT2D eigenvalue weighted by molar-refractivity contribution is 5.83. The van der Waals surface area contributed by atoms with Gasteiger partial charge in [0.15, 0.2) is 0 Å². The van der Waals surface area contributed by atoms with Crippen LogP contribution in [0.3, 0.4) is 0 Å². The lowest BCUT2D eigenvalue weighted by molar-refractivity contribution is -0.125. The molecule has 2 fully saturated rings. The van der Waals surface area contributed by atoms with Crippen LogP contribution in [-0.2, 0) is 9.53 Å². The van der Waals surface area contributed by atoms with Gasteiger partial charge >= 0.3 is 0 Å². The van der Waals surface area contributed by atoms with Crippen molar-refractivity contribution < 1.29 is 9.53 Å². The first-order chi connectivity index (χ1) is 9.74. The van der Waals surface area contributed by atoms with Crippen LogP contribution in [-0.4, -0.2) is 31.2 Å². The van der Waals surface area contributed by atoms with E-state index in [1.54, 1.807) is 0 Å². The molecule has 1 aliphatic heterocycles. The molecule has 3 rings (SSSR count). The fraction of sp³-hybridized carbons (Fsp3) is 0.562. The van der Waals surface area contributed by atoms with Gasteiger partial charge in [0.2, 0.25) is 5.91 Å². The van der Waals surface area contributed by atoms with Crippen molar-refractivity contribution in [2.24, 2.45) is 11.7 Å². The van der Waals surface area contributed by atoms with Crippen molar-refractivity contribution in [3.63, 3.8) is 0 Å². The summed E-state index contributed by atoms with van der Waals surface area (Å²) in [5, 5.41) is 3.20. The Kier molecular flexibility index (Phi) is 3.76. The predicted molar refractivity (Wildman–Crippen MR) is 77.3 cm³/mol. The molecule has 4 nitrogen and oxygen atoms in total. The number of benzene rings is 1. The van der Waals surface area contributed by atoms with E-state index >= 15 is 0 Å². The molecule has 2 atom stereocenters. The Labute approximate surface area is 119 Å². The summed E-state index contributed by atoms with van der Waals surface area (Å²) in [5.41, 5.74) is 6.90. The fourth-order valence-electron chi connectivity index (χ4n) is 3.05. The zero-order chi connectivity index (χ0) is 14.0. The smallest absolute Gasteiger partial charge is 0.224 e. The average Bonchev–Trinajstić information content (AvgIpc) is 3.30. The van der Waals surface area contributed by atoms with Gasteiger partial charge in [-0.1, -0.05) is 30.3 Å². The summed E-state index contributed by atoms with van der Waals surface area (Å²) < 4.78 is 5.37. The quantitative estimate of drug-likeness (QED) is 0.872. The maximum Gasteiger partial charge on any atom is 0.224 e. The summed E-state index contributed by atoms with van der Waals surface area (Å²) in [7, 11) is 0. The molecule has 1 saturated heterocycles. The molecular weight excluding hydrogens is 252 g/mol. The summed E-state index contributed by atoms with van der Waals surface area (Å²) in [4.78, 5) is 12.4. The highest BCUT2D eigenvalue weighted by atomic mass is 16.5. The minimum Gasteiger partial charge on any atom is -0.381 e. The van der Waals surface area contributed by atoms with Crippen LogP contribution in [0.1, 0.15) is 30.7 Å². The molecule has 0 spiro atoms. The van der Waals surface area contributed by atoms with Gasteiger partial charge in [-0.3, -0.25) is 4.79 Å². The van der Waals surface area contributed by atoms with Crippen molar-refractivity contribution in [1.82, 2.24) is 5.32 Å². The number of hydrogen-bond acceptors (Lipinski definition) is 3. The van der Waals surface area contributed by atoms with Crippen molar-refractivity contribution in [3.05, 3.63) is 35.9 Å². The first kappa shape index (κ1) is 13.6. The van der Waals surface area contributed by atoms with Gasteiger partial charge in [0.05, 0.1) is 5.54 Å². The maximum absolute atomic E-state index is 12.4. The maximum atomic E-state index is 12.4. The van der Waals surface area contributed by atoms with Crippen LogP contribution in [0.25, 0.3) is 0 Å². The third-order valence-corrected chi connectivity index (χ3v) is 4.58. The zero-order valence-corrected chi connectivity index (χ0v) is 11.7. The number of amides is 1. The molecule has 3 N–H and O–H groups in total. The summed E-state index contributed by atoms with van der Waals surface area (Å²) in [6, 6.07) is 10.3. The molecule has 108 valence electrons. The topological polar surface area (TPSA) is 64.3 Å². The van der Waals surface area contributed by atoms with E-state index in [4.69, 9.17) is 10.5 Å². The zero-order valence-electron chi connectivity index (χ0n) is 11.7. The SMILES string of the molecule is NCC1(NC(=O)C2CC2c2ccccc2)CCOCC1. The minimum atomic E-state index is -0.251. The van der Waals surface area contributed by atoms with Gasteiger partial charge in [-0.15, -0.1) is 0 Å². The Morgan fingerprint density at radius 2 is 2.00 bits per heavy atom. The second-order valence-corrected chi connectivity index (χ2v) is 5.95. The number of nitrogens with two attached hydrogens (primary N) is 1. The Hall–Kier alpha value is -1.39. The Morgan fingerprint density at radius 3 is 2.65 bits per heavy atom. The van der Waals surface area contributed by atoms with E-state index in [0.717, 1.165) is 19.3 Å². The molecule has 0 aromatic heterocycles. The van der Waals surface area contributed by atoms with Crippen molar-refractivity contribution in [2.75, 3.05) is 19.8 Å². The summed E-state index contributed by atoms with van der Waals surface area (Å²) in [6.45, 7) is 1.86. The molecule has 2 aliphatic rings. The predicted octanol–water partition coefficient (Wildman–Crippen LogP) is 1.41. The molecule has 1 heterocycles. The van der Waals surface area contributed by atoms with Crippen LogP contribution in [0.15, 0.2) is 30.3 Å². The van der Waals surface area contributed by atoms with Gasteiger partial charge in [-0.2, -0.15) is 0 Å². The Balaban J connectivity index is 1.60. The van der Waals surface area contributed by atoms with Gasteiger partial charge < -0.3 is 15.8 Å². The number of carbonyl (C=O) groups excluding carboxylic acids is 1. The molecule has 4 heteroatoms. The fourth-order valence-corrected chi connectivity index (χ4v) is 3.05. The van der Waals surface area contributed by atoms with Crippen molar-refractivity contribution in [3.8, 4) is 0 Å². The van der Waals surface area contributed by atoms with E-state index in [9.17, 15) is 4.79 Å². The third kappa shape index (κ3) is 2.72. The van der Waals surface area contributed by atoms with Crippen LogP contribution >= 0.6 is 0 Å². The Bertz CT molecular complexity index is 469. The number of hydrogen-bond donors (Lipinski definition) is 2. The molecular formula is C16H22N2O2. The van der Waals surface area contributed by atoms with E-state index < -0.39 is 0 Å². The van der Waals surface area contributed by atoms with E-state index in [-0.39, 0.29) is 17.4 Å². The number of ether oxygens (including phenoxy) is 1. The van der Waals surface area contributed by atoms with Crippen LogP contribution in [0.2, 0.25) is 0 Å². The highest BCUT2D eigenvalue weighted by Gasteiger charge is 2.46. The van der Waals surface area contributed by atoms with E-state index in [2.05, 4.69) is 17.4 Å². The molecule has 1 aromatic carbocycles. The highest BCUT2D eigenvalue weighted by Crippen LogP contribution is 2.47. The summed E-state index contributed by atoms with van der Waals surface area (Å²) in [5.74, 6) is 0.653. The van der Waals surface area contributed by atoms with Gasteiger partial charge in [0.1, 0.15) is 0 Å². The first-order valence-corrected chi connectivity index (χ1v) is 7.39. The van der Waals surface area contributed by atoms with E-state index in [1.807, 2.05) is 18.2 Å². The van der Waals surface area contributed by atoms with Gasteiger partial charge in [-0.25, -0.2) is 0 Å². The van der Waals surface area contributed by atoms with E-state index in [0.29, 0.717) is 25.7 Å². The van der Waals surface area contributed by atoms with Gasteiger partial charge in [-0.05, 0) is 30.7 Å². The average molecular weight is 274 g/mol. The molecule has 2 unspecified atom stereocenters. The molecule has 1 aromatic rings. The second kappa shape index (κ2) is 5.54. The van der Waals surface area contributed by atoms with Crippen LogP contribution < -0.4 is 11.1 Å². The van der Waals surface area contributed by atoms with Crippen molar-refractivity contribution in [2.45, 2.75) is 30.7 Å². The van der Waals surface area contributed by atoms with Crippen molar-refractivity contribution >= 4 is 5.91 Å². The third-order valence-electron chi connectivity index (χ3n) is 4.58. The second-order valence-electron chi connectivity index (χ2n) is 5.95. The molecule has 1 saturated carbocycles. The lowest BCUT2D eigenvalue weighted by atomic mass is 9.90. The van der Waals surface area contributed by atoms with E-state index in [1.165, 1.54) is 5.56 Å².